The normalized spacial score (nSPS) is 36.9. The second kappa shape index (κ2) is 7.07. The minimum Gasteiger partial charge on any atom is -0.465 e. The molecule has 0 aromatic heterocycles. The predicted molar refractivity (Wildman–Crippen MR) is 82.3 cm³/mol. The number of rotatable bonds is 5. The molecule has 0 aromatic carbocycles. The van der Waals surface area contributed by atoms with Crippen LogP contribution in [-0.4, -0.2) is 61.9 Å². The number of carbonyl (C=O) groups excluding carboxylic acids is 1. The van der Waals surface area contributed by atoms with Crippen molar-refractivity contribution in [2.45, 2.75) is 69.7 Å². The number of esters is 1. The molecular formula is C16H30N2O3. The first-order valence-electron chi connectivity index (χ1n) is 8.23. The molecular weight excluding hydrogens is 268 g/mol. The Hall–Kier alpha value is -0.650. The van der Waals surface area contributed by atoms with Gasteiger partial charge in [-0.3, -0.25) is 9.69 Å². The summed E-state index contributed by atoms with van der Waals surface area (Å²) in [6.07, 6.45) is 5.24. The molecule has 1 aliphatic heterocycles. The van der Waals surface area contributed by atoms with E-state index < -0.39 is 5.54 Å². The number of hydrogen-bond acceptors (Lipinski definition) is 5. The van der Waals surface area contributed by atoms with Crippen molar-refractivity contribution in [3.63, 3.8) is 0 Å². The van der Waals surface area contributed by atoms with Crippen molar-refractivity contribution in [1.82, 2.24) is 10.2 Å². The van der Waals surface area contributed by atoms with E-state index in [-0.39, 0.29) is 12.1 Å². The summed E-state index contributed by atoms with van der Waals surface area (Å²) < 4.78 is 11.0. The van der Waals surface area contributed by atoms with Gasteiger partial charge in [0.15, 0.2) is 0 Å². The van der Waals surface area contributed by atoms with Crippen LogP contribution >= 0.6 is 0 Å². The number of ether oxygens (including phenoxy) is 2. The first-order valence-corrected chi connectivity index (χ1v) is 8.23. The van der Waals surface area contributed by atoms with E-state index >= 15 is 0 Å². The molecule has 2 fully saturated rings. The van der Waals surface area contributed by atoms with Gasteiger partial charge in [0, 0.05) is 18.7 Å². The van der Waals surface area contributed by atoms with Crippen LogP contribution in [0.25, 0.3) is 0 Å². The van der Waals surface area contributed by atoms with Gasteiger partial charge >= 0.3 is 5.97 Å². The maximum atomic E-state index is 12.4. The van der Waals surface area contributed by atoms with Crippen LogP contribution in [0.1, 0.15) is 46.0 Å². The second-order valence-corrected chi connectivity index (χ2v) is 6.40. The predicted octanol–water partition coefficient (Wildman–Crippen LogP) is 1.56. The largest absolute Gasteiger partial charge is 0.465 e. The van der Waals surface area contributed by atoms with Gasteiger partial charge < -0.3 is 14.8 Å². The molecule has 0 amide bonds. The van der Waals surface area contributed by atoms with Gasteiger partial charge in [-0.15, -0.1) is 0 Å². The quantitative estimate of drug-likeness (QED) is 0.781. The Kier molecular flexibility index (Phi) is 5.63. The number of nitrogens with zero attached hydrogens (tertiary/aromatic N) is 1. The number of likely N-dealkylation sites (N-methyl/N-ethyl adjacent to an activating group) is 2. The monoisotopic (exact) mass is 298 g/mol. The molecule has 1 saturated heterocycles. The molecule has 0 radical (unpaired) electrons. The third-order valence-corrected chi connectivity index (χ3v) is 5.31. The van der Waals surface area contributed by atoms with Crippen molar-refractivity contribution >= 4 is 5.97 Å². The number of nitrogens with one attached hydrogen (secondary N) is 1. The molecule has 2 aliphatic rings. The zero-order chi connectivity index (χ0) is 15.5. The van der Waals surface area contributed by atoms with E-state index in [1.165, 1.54) is 0 Å². The molecule has 2 rings (SSSR count). The van der Waals surface area contributed by atoms with Crippen molar-refractivity contribution in [3.05, 3.63) is 0 Å². The Labute approximate surface area is 128 Å². The highest BCUT2D eigenvalue weighted by Crippen LogP contribution is 2.34. The molecule has 0 spiro atoms. The molecule has 1 aliphatic carbocycles. The highest BCUT2D eigenvalue weighted by Gasteiger charge is 2.45. The first kappa shape index (κ1) is 16.7. The molecule has 4 atom stereocenters. The lowest BCUT2D eigenvalue weighted by molar-refractivity contribution is -0.153. The maximum Gasteiger partial charge on any atom is 0.326 e. The molecule has 1 saturated carbocycles. The fourth-order valence-corrected chi connectivity index (χ4v) is 3.90. The van der Waals surface area contributed by atoms with Gasteiger partial charge in [0.25, 0.3) is 0 Å². The van der Waals surface area contributed by atoms with Crippen LogP contribution < -0.4 is 5.32 Å². The van der Waals surface area contributed by atoms with Crippen molar-refractivity contribution in [2.24, 2.45) is 0 Å². The van der Waals surface area contributed by atoms with Crippen LogP contribution in [0.3, 0.4) is 0 Å². The van der Waals surface area contributed by atoms with E-state index in [4.69, 9.17) is 9.47 Å². The molecule has 5 nitrogen and oxygen atoms in total. The summed E-state index contributed by atoms with van der Waals surface area (Å²) in [6.45, 7) is 5.30. The SMILES string of the molecule is CCOC(=O)C1(NC)CCCC(N(C)C2CCOC2C)C1. The summed E-state index contributed by atoms with van der Waals surface area (Å²) in [7, 11) is 4.05. The van der Waals surface area contributed by atoms with Gasteiger partial charge in [0.1, 0.15) is 5.54 Å². The van der Waals surface area contributed by atoms with Gasteiger partial charge in [-0.25, -0.2) is 0 Å². The molecule has 1 N–H and O–H groups in total. The standard InChI is InChI=1S/C16H30N2O3/c1-5-20-15(19)16(17-3)9-6-7-13(11-16)18(4)14-8-10-21-12(14)2/h12-14,17H,5-11H2,1-4H3. The fourth-order valence-electron chi connectivity index (χ4n) is 3.90. The van der Waals surface area contributed by atoms with Gasteiger partial charge in [-0.1, -0.05) is 0 Å². The van der Waals surface area contributed by atoms with Gasteiger partial charge in [-0.2, -0.15) is 0 Å². The first-order chi connectivity index (χ1) is 10.0. The van der Waals surface area contributed by atoms with Gasteiger partial charge in [0.2, 0.25) is 0 Å². The molecule has 5 heteroatoms. The zero-order valence-electron chi connectivity index (χ0n) is 13.9. The summed E-state index contributed by atoms with van der Waals surface area (Å²) in [4.78, 5) is 14.8. The van der Waals surface area contributed by atoms with Crippen LogP contribution in [0.15, 0.2) is 0 Å². The third-order valence-electron chi connectivity index (χ3n) is 5.31. The van der Waals surface area contributed by atoms with Crippen LogP contribution in [-0.2, 0) is 14.3 Å². The van der Waals surface area contributed by atoms with E-state index in [0.717, 1.165) is 38.7 Å². The smallest absolute Gasteiger partial charge is 0.326 e. The van der Waals surface area contributed by atoms with Gasteiger partial charge in [-0.05, 0) is 60.0 Å². The number of carbonyl (C=O) groups is 1. The van der Waals surface area contributed by atoms with Crippen molar-refractivity contribution in [1.29, 1.82) is 0 Å². The summed E-state index contributed by atoms with van der Waals surface area (Å²) in [5.41, 5.74) is -0.518. The summed E-state index contributed by atoms with van der Waals surface area (Å²) >= 11 is 0. The Morgan fingerprint density at radius 1 is 1.48 bits per heavy atom. The Morgan fingerprint density at radius 2 is 2.24 bits per heavy atom. The molecule has 4 unspecified atom stereocenters. The average molecular weight is 298 g/mol. The second-order valence-electron chi connectivity index (χ2n) is 6.40. The highest BCUT2D eigenvalue weighted by molar-refractivity contribution is 5.81. The fraction of sp³-hybridized carbons (Fsp3) is 0.938. The number of hydrogen-bond donors (Lipinski definition) is 1. The maximum absolute atomic E-state index is 12.4. The van der Waals surface area contributed by atoms with E-state index in [0.29, 0.717) is 18.7 Å². The van der Waals surface area contributed by atoms with E-state index in [1.807, 2.05) is 14.0 Å². The van der Waals surface area contributed by atoms with E-state index in [9.17, 15) is 4.79 Å². The lowest BCUT2D eigenvalue weighted by Gasteiger charge is -2.44. The van der Waals surface area contributed by atoms with Crippen LogP contribution in [0.4, 0.5) is 0 Å². The third kappa shape index (κ3) is 3.41. The van der Waals surface area contributed by atoms with Crippen LogP contribution in [0.5, 0.6) is 0 Å². The highest BCUT2D eigenvalue weighted by atomic mass is 16.5. The average Bonchev–Trinajstić information content (AvgIpc) is 2.92. The lowest BCUT2D eigenvalue weighted by atomic mass is 9.78. The summed E-state index contributed by atoms with van der Waals surface area (Å²) in [6, 6.07) is 0.870. The molecule has 1 heterocycles. The molecule has 0 aromatic rings. The van der Waals surface area contributed by atoms with Crippen molar-refractivity contribution in [2.75, 3.05) is 27.3 Å². The summed E-state index contributed by atoms with van der Waals surface area (Å²) in [5, 5.41) is 3.26. The minimum absolute atomic E-state index is 0.0960. The molecule has 122 valence electrons. The van der Waals surface area contributed by atoms with Crippen LogP contribution in [0, 0.1) is 0 Å². The van der Waals surface area contributed by atoms with E-state index in [1.54, 1.807) is 0 Å². The topological polar surface area (TPSA) is 50.8 Å². The summed E-state index contributed by atoms with van der Waals surface area (Å²) in [5.74, 6) is -0.0960. The lowest BCUT2D eigenvalue weighted by Crippen LogP contribution is -2.58. The minimum atomic E-state index is -0.518. The molecule has 0 bridgehead atoms. The van der Waals surface area contributed by atoms with Gasteiger partial charge in [0.05, 0.1) is 12.7 Å². The van der Waals surface area contributed by atoms with Crippen molar-refractivity contribution < 1.29 is 14.3 Å². The van der Waals surface area contributed by atoms with Crippen LogP contribution in [0.2, 0.25) is 0 Å². The Morgan fingerprint density at radius 3 is 2.81 bits per heavy atom. The molecule has 21 heavy (non-hydrogen) atoms. The Bertz CT molecular complexity index is 363. The Balaban J connectivity index is 2.06. The van der Waals surface area contributed by atoms with E-state index in [2.05, 4.69) is 24.2 Å². The zero-order valence-corrected chi connectivity index (χ0v) is 13.9. The van der Waals surface area contributed by atoms with Crippen molar-refractivity contribution in [3.8, 4) is 0 Å².